The standard InChI is InChI=1S/C9H14O4/c1-2-3-4-5-6-9(12)13-7-8(10)11/h5-6H,2-4,7H2,1H3,(H,10,11). The van der Waals surface area contributed by atoms with Crippen LogP contribution in [0, 0.1) is 0 Å². The fraction of sp³-hybridized carbons (Fsp3) is 0.556. The third-order valence-electron chi connectivity index (χ3n) is 1.32. The molecule has 0 rings (SSSR count). The van der Waals surface area contributed by atoms with Crippen LogP contribution >= 0.6 is 0 Å². The van der Waals surface area contributed by atoms with E-state index in [-0.39, 0.29) is 0 Å². The van der Waals surface area contributed by atoms with E-state index in [2.05, 4.69) is 11.7 Å². The molecule has 0 fully saturated rings. The molecular formula is C9H14O4. The van der Waals surface area contributed by atoms with E-state index in [0.717, 1.165) is 19.3 Å². The van der Waals surface area contributed by atoms with Gasteiger partial charge in [-0.25, -0.2) is 9.59 Å². The van der Waals surface area contributed by atoms with Crippen molar-refractivity contribution in [3.8, 4) is 0 Å². The summed E-state index contributed by atoms with van der Waals surface area (Å²) >= 11 is 0. The molecule has 0 aromatic rings. The van der Waals surface area contributed by atoms with Gasteiger partial charge in [0.1, 0.15) is 0 Å². The van der Waals surface area contributed by atoms with Crippen LogP contribution in [-0.4, -0.2) is 23.7 Å². The minimum Gasteiger partial charge on any atom is -0.479 e. The van der Waals surface area contributed by atoms with Gasteiger partial charge in [0.25, 0.3) is 0 Å². The molecule has 0 atom stereocenters. The summed E-state index contributed by atoms with van der Waals surface area (Å²) in [4.78, 5) is 20.7. The molecule has 0 aromatic carbocycles. The number of unbranched alkanes of at least 4 members (excludes halogenated alkanes) is 2. The van der Waals surface area contributed by atoms with Crippen LogP contribution in [-0.2, 0) is 14.3 Å². The van der Waals surface area contributed by atoms with Gasteiger partial charge in [0.05, 0.1) is 0 Å². The monoisotopic (exact) mass is 186 g/mol. The third-order valence-corrected chi connectivity index (χ3v) is 1.32. The number of hydrogen-bond acceptors (Lipinski definition) is 3. The molecule has 0 aliphatic heterocycles. The average molecular weight is 186 g/mol. The lowest BCUT2D eigenvalue weighted by molar-refractivity contribution is -0.151. The number of hydrogen-bond donors (Lipinski definition) is 1. The van der Waals surface area contributed by atoms with Crippen molar-refractivity contribution in [3.63, 3.8) is 0 Å². The largest absolute Gasteiger partial charge is 0.479 e. The zero-order chi connectivity index (χ0) is 10.1. The molecule has 0 amide bonds. The minimum absolute atomic E-state index is 0.572. The van der Waals surface area contributed by atoms with E-state index in [0.29, 0.717) is 0 Å². The summed E-state index contributed by atoms with van der Waals surface area (Å²) < 4.78 is 4.36. The number of allylic oxidation sites excluding steroid dienone is 1. The first-order chi connectivity index (χ1) is 6.16. The smallest absolute Gasteiger partial charge is 0.341 e. The van der Waals surface area contributed by atoms with Crippen molar-refractivity contribution in [2.24, 2.45) is 0 Å². The Morgan fingerprint density at radius 3 is 2.69 bits per heavy atom. The molecule has 74 valence electrons. The van der Waals surface area contributed by atoms with Crippen LogP contribution in [0.4, 0.5) is 0 Å². The van der Waals surface area contributed by atoms with Crippen molar-refractivity contribution >= 4 is 11.9 Å². The van der Waals surface area contributed by atoms with Crippen molar-refractivity contribution in [3.05, 3.63) is 12.2 Å². The van der Waals surface area contributed by atoms with Crippen molar-refractivity contribution < 1.29 is 19.4 Å². The number of carboxylic acids is 1. The number of ether oxygens (including phenoxy) is 1. The van der Waals surface area contributed by atoms with Gasteiger partial charge in [-0.2, -0.15) is 0 Å². The first-order valence-electron chi connectivity index (χ1n) is 4.22. The Morgan fingerprint density at radius 2 is 2.15 bits per heavy atom. The maximum Gasteiger partial charge on any atom is 0.341 e. The molecule has 4 nitrogen and oxygen atoms in total. The highest BCUT2D eigenvalue weighted by Gasteiger charge is 2.00. The summed E-state index contributed by atoms with van der Waals surface area (Å²) in [5.74, 6) is -1.74. The first kappa shape index (κ1) is 11.7. The summed E-state index contributed by atoms with van der Waals surface area (Å²) in [6.45, 7) is 1.48. The van der Waals surface area contributed by atoms with Crippen LogP contribution in [0.1, 0.15) is 26.2 Å². The van der Waals surface area contributed by atoms with Gasteiger partial charge < -0.3 is 9.84 Å². The van der Waals surface area contributed by atoms with Crippen LogP contribution in [0.25, 0.3) is 0 Å². The molecule has 0 spiro atoms. The Balaban J connectivity index is 3.49. The number of carbonyl (C=O) groups is 2. The Labute approximate surface area is 77.2 Å². The molecule has 0 unspecified atom stereocenters. The van der Waals surface area contributed by atoms with Crippen LogP contribution in [0.3, 0.4) is 0 Å². The average Bonchev–Trinajstić information content (AvgIpc) is 2.09. The van der Waals surface area contributed by atoms with Crippen molar-refractivity contribution in [1.82, 2.24) is 0 Å². The van der Waals surface area contributed by atoms with E-state index in [9.17, 15) is 9.59 Å². The summed E-state index contributed by atoms with van der Waals surface area (Å²) in [6, 6.07) is 0. The topological polar surface area (TPSA) is 63.6 Å². The van der Waals surface area contributed by atoms with Gasteiger partial charge >= 0.3 is 11.9 Å². The summed E-state index contributed by atoms with van der Waals surface area (Å²) in [5, 5.41) is 8.17. The highest BCUT2D eigenvalue weighted by atomic mass is 16.5. The molecule has 0 aromatic heterocycles. The molecule has 0 aliphatic rings. The maximum absolute atomic E-state index is 10.7. The fourth-order valence-electron chi connectivity index (χ4n) is 0.683. The van der Waals surface area contributed by atoms with E-state index in [1.807, 2.05) is 0 Å². The fourth-order valence-corrected chi connectivity index (χ4v) is 0.683. The Hall–Kier alpha value is -1.32. The normalized spacial score (nSPS) is 10.2. The first-order valence-corrected chi connectivity index (χ1v) is 4.22. The Morgan fingerprint density at radius 1 is 1.46 bits per heavy atom. The lowest BCUT2D eigenvalue weighted by Crippen LogP contribution is -2.10. The molecule has 1 N–H and O–H groups in total. The second-order valence-electron chi connectivity index (χ2n) is 2.55. The highest BCUT2D eigenvalue weighted by molar-refractivity contribution is 5.83. The highest BCUT2D eigenvalue weighted by Crippen LogP contribution is 1.95. The second-order valence-corrected chi connectivity index (χ2v) is 2.55. The predicted molar refractivity (Wildman–Crippen MR) is 47.3 cm³/mol. The van der Waals surface area contributed by atoms with Crippen LogP contribution in [0.5, 0.6) is 0 Å². The number of rotatable bonds is 6. The number of esters is 1. The summed E-state index contributed by atoms with van der Waals surface area (Å²) in [6.07, 6.45) is 5.85. The maximum atomic E-state index is 10.7. The zero-order valence-electron chi connectivity index (χ0n) is 7.66. The number of carbonyl (C=O) groups excluding carboxylic acids is 1. The van der Waals surface area contributed by atoms with Gasteiger partial charge in [-0.3, -0.25) is 0 Å². The number of carboxylic acid groups (broad SMARTS) is 1. The van der Waals surface area contributed by atoms with E-state index in [1.165, 1.54) is 6.08 Å². The van der Waals surface area contributed by atoms with Crippen molar-refractivity contribution in [2.45, 2.75) is 26.2 Å². The Bertz CT molecular complexity index is 196. The molecule has 4 heteroatoms. The summed E-state index contributed by atoms with van der Waals surface area (Å²) in [5.41, 5.74) is 0. The second kappa shape index (κ2) is 7.34. The lowest BCUT2D eigenvalue weighted by Gasteiger charge is -1.95. The van der Waals surface area contributed by atoms with Crippen molar-refractivity contribution in [2.75, 3.05) is 6.61 Å². The van der Waals surface area contributed by atoms with Crippen molar-refractivity contribution in [1.29, 1.82) is 0 Å². The van der Waals surface area contributed by atoms with Crippen LogP contribution < -0.4 is 0 Å². The molecule has 0 bridgehead atoms. The lowest BCUT2D eigenvalue weighted by atomic mass is 10.2. The van der Waals surface area contributed by atoms with E-state index >= 15 is 0 Å². The quantitative estimate of drug-likeness (QED) is 0.386. The van der Waals surface area contributed by atoms with E-state index in [1.54, 1.807) is 6.08 Å². The van der Waals surface area contributed by atoms with Crippen LogP contribution in [0.2, 0.25) is 0 Å². The summed E-state index contributed by atoms with van der Waals surface area (Å²) in [7, 11) is 0. The SMILES string of the molecule is CCCCC=CC(=O)OCC(=O)O. The molecule has 0 saturated heterocycles. The minimum atomic E-state index is -1.14. The predicted octanol–water partition coefficient (Wildman–Crippen LogP) is 1.36. The van der Waals surface area contributed by atoms with Gasteiger partial charge in [0.15, 0.2) is 6.61 Å². The molecule has 13 heavy (non-hydrogen) atoms. The zero-order valence-corrected chi connectivity index (χ0v) is 7.66. The van der Waals surface area contributed by atoms with E-state index < -0.39 is 18.5 Å². The molecule has 0 heterocycles. The van der Waals surface area contributed by atoms with Gasteiger partial charge in [-0.05, 0) is 6.42 Å². The van der Waals surface area contributed by atoms with Gasteiger partial charge in [0.2, 0.25) is 0 Å². The molecule has 0 aliphatic carbocycles. The van der Waals surface area contributed by atoms with Gasteiger partial charge in [-0.1, -0.05) is 25.8 Å². The van der Waals surface area contributed by atoms with E-state index in [4.69, 9.17) is 5.11 Å². The molecule has 0 radical (unpaired) electrons. The third kappa shape index (κ3) is 8.59. The Kier molecular flexibility index (Phi) is 6.59. The van der Waals surface area contributed by atoms with Gasteiger partial charge in [0, 0.05) is 6.08 Å². The van der Waals surface area contributed by atoms with Gasteiger partial charge in [-0.15, -0.1) is 0 Å². The molecular weight excluding hydrogens is 172 g/mol. The molecule has 0 saturated carbocycles. The van der Waals surface area contributed by atoms with Crippen LogP contribution in [0.15, 0.2) is 12.2 Å². The number of aliphatic carboxylic acids is 1.